The van der Waals surface area contributed by atoms with Gasteiger partial charge in [0.25, 0.3) is 0 Å². The SMILES string of the molecule is COP(=S)(S)OCCOCCOCCOP(=S)(S)OC. The molecule has 0 aliphatic carbocycles. The molecule has 12 heteroatoms. The maximum Gasteiger partial charge on any atom is 0.244 e. The predicted molar refractivity (Wildman–Crippen MR) is 94.1 cm³/mol. The van der Waals surface area contributed by atoms with Gasteiger partial charge in [-0.25, -0.2) is 0 Å². The minimum atomic E-state index is -2.39. The second kappa shape index (κ2) is 12.2. The summed E-state index contributed by atoms with van der Waals surface area (Å²) in [5.41, 5.74) is -4.78. The van der Waals surface area contributed by atoms with E-state index in [1.54, 1.807) is 0 Å². The molecule has 0 spiro atoms. The Morgan fingerprint density at radius 3 is 1.30 bits per heavy atom. The van der Waals surface area contributed by atoms with Crippen LogP contribution in [0.15, 0.2) is 0 Å². The molecule has 0 aromatic heterocycles. The molecule has 0 aliphatic rings. The van der Waals surface area contributed by atoms with Gasteiger partial charge in [-0.05, 0) is 23.6 Å². The van der Waals surface area contributed by atoms with Crippen molar-refractivity contribution in [3.05, 3.63) is 0 Å². The van der Waals surface area contributed by atoms with Crippen LogP contribution in [-0.2, 0) is 51.2 Å². The Labute approximate surface area is 140 Å². The first-order chi connectivity index (χ1) is 9.33. The quantitative estimate of drug-likeness (QED) is 0.277. The van der Waals surface area contributed by atoms with E-state index < -0.39 is 11.4 Å². The summed E-state index contributed by atoms with van der Waals surface area (Å²) in [6, 6.07) is 0. The lowest BCUT2D eigenvalue weighted by molar-refractivity contribution is 0.0278. The fraction of sp³-hybridized carbons (Fsp3) is 1.00. The van der Waals surface area contributed by atoms with E-state index in [2.05, 4.69) is 24.5 Å². The van der Waals surface area contributed by atoms with Crippen molar-refractivity contribution in [1.82, 2.24) is 0 Å². The maximum absolute atomic E-state index is 5.28. The van der Waals surface area contributed by atoms with E-state index in [1.165, 1.54) is 14.2 Å². The molecule has 0 aromatic carbocycles. The third kappa shape index (κ3) is 13.4. The van der Waals surface area contributed by atoms with E-state index in [0.717, 1.165) is 0 Å². The number of thiol groups is 2. The molecule has 0 radical (unpaired) electrons. The molecular weight excluding hydrogens is 382 g/mol. The van der Waals surface area contributed by atoms with Crippen molar-refractivity contribution in [1.29, 1.82) is 0 Å². The van der Waals surface area contributed by atoms with Crippen LogP contribution in [0.3, 0.4) is 0 Å². The summed E-state index contributed by atoms with van der Waals surface area (Å²) in [6.07, 6.45) is 0. The Balaban J connectivity index is 3.30. The van der Waals surface area contributed by atoms with Gasteiger partial charge in [0.2, 0.25) is 11.4 Å². The number of hydrogen-bond donors (Lipinski definition) is 2. The second-order valence-electron chi connectivity index (χ2n) is 3.19. The lowest BCUT2D eigenvalue weighted by Gasteiger charge is -2.14. The van der Waals surface area contributed by atoms with Crippen molar-refractivity contribution >= 4 is 59.5 Å². The molecule has 20 heavy (non-hydrogen) atoms. The molecule has 122 valence electrons. The van der Waals surface area contributed by atoms with Crippen LogP contribution in [-0.4, -0.2) is 53.9 Å². The monoisotopic (exact) mass is 402 g/mol. The minimum absolute atomic E-state index is 0.341. The topological polar surface area (TPSA) is 55.4 Å². The highest BCUT2D eigenvalue weighted by molar-refractivity contribution is 8.60. The first kappa shape index (κ1) is 21.8. The summed E-state index contributed by atoms with van der Waals surface area (Å²) in [5.74, 6) is 0. The van der Waals surface area contributed by atoms with Gasteiger partial charge in [0.15, 0.2) is 0 Å². The number of rotatable bonds is 13. The first-order valence-corrected chi connectivity index (χ1v) is 13.1. The maximum atomic E-state index is 5.28. The third-order valence-electron chi connectivity index (χ3n) is 1.80. The molecule has 6 nitrogen and oxygen atoms in total. The van der Waals surface area contributed by atoms with E-state index in [0.29, 0.717) is 39.6 Å². The molecule has 0 heterocycles. The molecule has 0 N–H and O–H groups in total. The highest BCUT2D eigenvalue weighted by Crippen LogP contribution is 2.52. The number of ether oxygens (including phenoxy) is 2. The Morgan fingerprint density at radius 1 is 0.700 bits per heavy atom. The molecule has 0 saturated heterocycles. The second-order valence-corrected chi connectivity index (χ2v) is 14.0. The van der Waals surface area contributed by atoms with Gasteiger partial charge in [-0.2, -0.15) is 0 Å². The van der Waals surface area contributed by atoms with Gasteiger partial charge in [0, 0.05) is 14.2 Å². The van der Waals surface area contributed by atoms with Crippen molar-refractivity contribution in [2.75, 3.05) is 53.9 Å². The van der Waals surface area contributed by atoms with Gasteiger partial charge in [-0.15, -0.1) is 0 Å². The van der Waals surface area contributed by atoms with E-state index >= 15 is 0 Å². The average Bonchev–Trinajstić information content (AvgIpc) is 2.41. The lowest BCUT2D eigenvalue weighted by atomic mass is 10.7. The van der Waals surface area contributed by atoms with Crippen LogP contribution in [0.5, 0.6) is 0 Å². The van der Waals surface area contributed by atoms with Crippen molar-refractivity contribution in [3.63, 3.8) is 0 Å². The van der Waals surface area contributed by atoms with E-state index in [-0.39, 0.29) is 0 Å². The smallest absolute Gasteiger partial charge is 0.244 e. The summed E-state index contributed by atoms with van der Waals surface area (Å²) >= 11 is 18.0. The Kier molecular flexibility index (Phi) is 13.3. The highest BCUT2D eigenvalue weighted by atomic mass is 32.9. The van der Waals surface area contributed by atoms with Crippen molar-refractivity contribution in [2.45, 2.75) is 0 Å². The van der Waals surface area contributed by atoms with Crippen LogP contribution < -0.4 is 0 Å². The summed E-state index contributed by atoms with van der Waals surface area (Å²) in [7, 11) is 2.94. The van der Waals surface area contributed by atoms with Crippen LogP contribution in [0.2, 0.25) is 0 Å². The first-order valence-electron chi connectivity index (χ1n) is 5.54. The molecule has 0 fully saturated rings. The lowest BCUT2D eigenvalue weighted by Crippen LogP contribution is -2.10. The zero-order valence-corrected chi connectivity index (χ0v) is 16.5. The molecule has 2 atom stereocenters. The standard InChI is InChI=1S/C8H20O6P2S4/c1-9-15(17,18)13-7-5-11-3-4-12-6-8-14-16(19,20)10-2/h3-8H2,1-2H3,(H,17,18)(H,19,20). The van der Waals surface area contributed by atoms with Crippen LogP contribution in [0.4, 0.5) is 0 Å². The fourth-order valence-corrected chi connectivity index (χ4v) is 2.61. The van der Waals surface area contributed by atoms with Gasteiger partial charge < -0.3 is 27.6 Å². The highest BCUT2D eigenvalue weighted by Gasteiger charge is 2.10. The number of hydrogen-bond acceptors (Lipinski definition) is 8. The molecule has 0 rings (SSSR count). The molecule has 0 saturated carbocycles. The molecule has 0 aromatic rings. The van der Waals surface area contributed by atoms with E-state index in [4.69, 9.17) is 51.2 Å². The summed E-state index contributed by atoms with van der Waals surface area (Å²) < 4.78 is 30.8. The normalized spacial score (nSPS) is 17.6. The van der Waals surface area contributed by atoms with Crippen LogP contribution in [0, 0.1) is 0 Å². The Bertz CT molecular complexity index is 313. The van der Waals surface area contributed by atoms with Crippen LogP contribution in [0.25, 0.3) is 0 Å². The Hall–Kier alpha value is 1.76. The van der Waals surface area contributed by atoms with Gasteiger partial charge >= 0.3 is 0 Å². The molecule has 2 unspecified atom stereocenters. The summed E-state index contributed by atoms with van der Waals surface area (Å²) in [4.78, 5) is 0. The summed E-state index contributed by atoms with van der Waals surface area (Å²) in [5, 5.41) is 0. The predicted octanol–water partition coefficient (Wildman–Crippen LogP) is 2.65. The minimum Gasteiger partial charge on any atom is -0.377 e. The van der Waals surface area contributed by atoms with E-state index in [9.17, 15) is 0 Å². The van der Waals surface area contributed by atoms with Crippen molar-refractivity contribution < 1.29 is 27.6 Å². The van der Waals surface area contributed by atoms with Gasteiger partial charge in [-0.3, -0.25) is 0 Å². The van der Waals surface area contributed by atoms with E-state index in [1.807, 2.05) is 0 Å². The summed E-state index contributed by atoms with van der Waals surface area (Å²) in [6.45, 7) is 2.39. The average molecular weight is 402 g/mol. The third-order valence-corrected chi connectivity index (χ3v) is 6.94. The zero-order chi connectivity index (χ0) is 15.5. The fourth-order valence-electron chi connectivity index (χ4n) is 0.850. The zero-order valence-electron chi connectivity index (χ0n) is 11.3. The van der Waals surface area contributed by atoms with Gasteiger partial charge in [0.1, 0.15) is 0 Å². The van der Waals surface area contributed by atoms with Crippen molar-refractivity contribution in [3.8, 4) is 0 Å². The molecule has 0 amide bonds. The van der Waals surface area contributed by atoms with Gasteiger partial charge in [-0.1, -0.05) is 24.5 Å². The van der Waals surface area contributed by atoms with Crippen LogP contribution >= 0.6 is 35.9 Å². The molecular formula is C8H20O6P2S4. The molecule has 0 aliphatic heterocycles. The largest absolute Gasteiger partial charge is 0.377 e. The van der Waals surface area contributed by atoms with Gasteiger partial charge in [0.05, 0.1) is 39.6 Å². The van der Waals surface area contributed by atoms with Crippen LogP contribution in [0.1, 0.15) is 0 Å². The van der Waals surface area contributed by atoms with Crippen molar-refractivity contribution in [2.24, 2.45) is 0 Å². The Morgan fingerprint density at radius 2 is 1.00 bits per heavy atom. The molecule has 0 bridgehead atoms.